The van der Waals surface area contributed by atoms with Crippen LogP contribution in [-0.4, -0.2) is 29.1 Å². The van der Waals surface area contributed by atoms with Gasteiger partial charge in [-0.15, -0.1) is 12.3 Å². The van der Waals surface area contributed by atoms with Gasteiger partial charge in [-0.3, -0.25) is 4.57 Å². The molecule has 0 spiro atoms. The first-order valence-corrected chi connectivity index (χ1v) is 20.3. The first kappa shape index (κ1) is 40.2. The number of H-pyrrole nitrogens is 1. The molecule has 0 bridgehead atoms. The second-order valence-corrected chi connectivity index (χ2v) is 14.8. The second-order valence-electron chi connectivity index (χ2n) is 14.8. The maximum Gasteiger partial charge on any atom is 0.145 e. The zero-order valence-corrected chi connectivity index (χ0v) is 35.0. The molecule has 0 radical (unpaired) electrons. The summed E-state index contributed by atoms with van der Waals surface area (Å²) in [6.45, 7) is 14.9. The summed E-state index contributed by atoms with van der Waals surface area (Å²) in [7, 11) is 2.10. The van der Waals surface area contributed by atoms with Crippen molar-refractivity contribution >= 4 is 22.1 Å². The van der Waals surface area contributed by atoms with Crippen molar-refractivity contribution in [3.05, 3.63) is 198 Å². The summed E-state index contributed by atoms with van der Waals surface area (Å²) >= 11 is 0. The van der Waals surface area contributed by atoms with Gasteiger partial charge in [0, 0.05) is 35.1 Å². The molecule has 3 aromatic heterocycles. The van der Waals surface area contributed by atoms with E-state index in [1.54, 1.807) is 0 Å². The Bertz CT molecular complexity index is 2800. The van der Waals surface area contributed by atoms with Gasteiger partial charge in [-0.25, -0.2) is 15.0 Å². The van der Waals surface area contributed by atoms with Crippen molar-refractivity contribution in [1.29, 1.82) is 0 Å². The second kappa shape index (κ2) is 18.5. The Hall–Kier alpha value is -7.01. The zero-order chi connectivity index (χ0) is 41.3. The lowest BCUT2D eigenvalue weighted by atomic mass is 9.87. The summed E-state index contributed by atoms with van der Waals surface area (Å²) in [5, 5.41) is 0. The van der Waals surface area contributed by atoms with E-state index < -0.39 is 0 Å². The quantitative estimate of drug-likeness (QED) is 0.130. The molecule has 0 saturated carbocycles. The third-order valence-corrected chi connectivity index (χ3v) is 10.8. The Balaban J connectivity index is 0.000000295. The number of aromatic nitrogens is 6. The van der Waals surface area contributed by atoms with E-state index in [1.807, 2.05) is 60.7 Å². The number of nitrogens with one attached hydrogen (secondary N) is 1. The number of allylic oxidation sites excluding steroid dienone is 12. The van der Waals surface area contributed by atoms with Gasteiger partial charge >= 0.3 is 0 Å². The predicted octanol–water partition coefficient (Wildman–Crippen LogP) is 13.3. The summed E-state index contributed by atoms with van der Waals surface area (Å²) in [6.07, 6.45) is 26.9. The molecule has 0 atom stereocenters. The molecule has 0 amide bonds. The van der Waals surface area contributed by atoms with Crippen molar-refractivity contribution in [2.45, 2.75) is 53.9 Å². The molecule has 6 heteroatoms. The van der Waals surface area contributed by atoms with Crippen LogP contribution in [0.5, 0.6) is 0 Å². The Kier molecular flexibility index (Phi) is 12.6. The number of rotatable bonds is 7. The van der Waals surface area contributed by atoms with Gasteiger partial charge in [-0.05, 0) is 119 Å². The topological polar surface area (TPSA) is 64.3 Å². The van der Waals surface area contributed by atoms with Gasteiger partial charge in [-0.2, -0.15) is 0 Å². The van der Waals surface area contributed by atoms with Gasteiger partial charge in [0.2, 0.25) is 0 Å². The molecule has 294 valence electrons. The Morgan fingerprint density at radius 2 is 1.36 bits per heavy atom. The van der Waals surface area contributed by atoms with E-state index in [9.17, 15) is 0 Å². The number of benzene rings is 4. The molecule has 9 rings (SSSR count). The van der Waals surface area contributed by atoms with Crippen LogP contribution >= 0.6 is 0 Å². The fraction of sp³-hybridized carbons (Fsp3) is 0.170. The zero-order valence-electron chi connectivity index (χ0n) is 35.0. The maximum absolute atomic E-state index is 5.38. The lowest BCUT2D eigenvalue weighted by Crippen LogP contribution is -2.07. The number of aryl methyl sites for hydroxylation is 2. The molecule has 2 aliphatic carbocycles. The monoisotopic (exact) mass is 772 g/mol. The highest BCUT2D eigenvalue weighted by Gasteiger charge is 2.28. The van der Waals surface area contributed by atoms with Crippen molar-refractivity contribution in [3.8, 4) is 39.9 Å². The third-order valence-electron chi connectivity index (χ3n) is 10.8. The summed E-state index contributed by atoms with van der Waals surface area (Å²) in [5.74, 6) is 2.71. The minimum atomic E-state index is 0.833. The summed E-state index contributed by atoms with van der Waals surface area (Å²) in [5.41, 5.74) is 18.3. The number of fused-ring (bicyclic) bond motifs is 2. The first-order valence-electron chi connectivity index (χ1n) is 20.3. The molecule has 6 nitrogen and oxygen atoms in total. The SMILES string of the molecule is C1=CC=CC=CC=1.C=CCCc1nc(-c2c(C)c(-c3nc4ccccc4[nH]3)c(C)c(-c3nc4ccccc4n3C)c2C)n(-c2ccccc2)c1C.CC1=CCC=CC=C1. The largest absolute Gasteiger partial charge is 0.338 e. The van der Waals surface area contributed by atoms with E-state index in [1.165, 1.54) is 5.57 Å². The van der Waals surface area contributed by atoms with Crippen LogP contribution in [0.15, 0.2) is 170 Å². The van der Waals surface area contributed by atoms with Crippen molar-refractivity contribution < 1.29 is 0 Å². The van der Waals surface area contributed by atoms with E-state index in [-0.39, 0.29) is 0 Å². The normalized spacial score (nSPS) is 12.8. The van der Waals surface area contributed by atoms with Gasteiger partial charge in [0.05, 0.1) is 27.8 Å². The Morgan fingerprint density at radius 3 is 2.07 bits per heavy atom. The summed E-state index contributed by atoms with van der Waals surface area (Å²) in [6, 6.07) is 27.1. The van der Waals surface area contributed by atoms with Crippen LogP contribution in [0.1, 0.15) is 47.8 Å². The van der Waals surface area contributed by atoms with Gasteiger partial charge in [0.25, 0.3) is 0 Å². The van der Waals surface area contributed by atoms with E-state index in [2.05, 4.69) is 159 Å². The molecule has 0 aliphatic heterocycles. The van der Waals surface area contributed by atoms with Crippen LogP contribution in [0, 0.1) is 27.7 Å². The Morgan fingerprint density at radius 1 is 0.695 bits per heavy atom. The molecular weight excluding hydrogens is 721 g/mol. The average Bonchev–Trinajstić information content (AvgIpc) is 3.70. The fourth-order valence-electron chi connectivity index (χ4n) is 7.86. The van der Waals surface area contributed by atoms with Crippen molar-refractivity contribution in [3.63, 3.8) is 0 Å². The van der Waals surface area contributed by atoms with E-state index in [0.29, 0.717) is 0 Å². The van der Waals surface area contributed by atoms with Crippen LogP contribution in [0.4, 0.5) is 0 Å². The fourth-order valence-corrected chi connectivity index (χ4v) is 7.86. The van der Waals surface area contributed by atoms with E-state index >= 15 is 0 Å². The molecular formula is C53H52N6. The smallest absolute Gasteiger partial charge is 0.145 e. The third kappa shape index (κ3) is 8.64. The number of imidazole rings is 3. The minimum absolute atomic E-state index is 0.833. The van der Waals surface area contributed by atoms with Gasteiger partial charge in [0.1, 0.15) is 17.5 Å². The number of aromatic amines is 1. The van der Waals surface area contributed by atoms with Crippen LogP contribution in [0.2, 0.25) is 0 Å². The highest BCUT2D eigenvalue weighted by Crippen LogP contribution is 2.44. The van der Waals surface area contributed by atoms with Crippen molar-refractivity contribution in [1.82, 2.24) is 29.1 Å². The number of hydrogen-bond acceptors (Lipinski definition) is 3. The summed E-state index contributed by atoms with van der Waals surface area (Å²) in [4.78, 5) is 19.3. The van der Waals surface area contributed by atoms with Crippen LogP contribution in [0.25, 0.3) is 61.9 Å². The van der Waals surface area contributed by atoms with Crippen molar-refractivity contribution in [2.24, 2.45) is 7.05 Å². The van der Waals surface area contributed by atoms with Crippen LogP contribution < -0.4 is 0 Å². The van der Waals surface area contributed by atoms with Crippen LogP contribution in [0.3, 0.4) is 0 Å². The molecule has 0 saturated heterocycles. The maximum atomic E-state index is 5.38. The lowest BCUT2D eigenvalue weighted by Gasteiger charge is -2.22. The molecule has 0 fully saturated rings. The standard InChI is InChI=1S/C38H36N6.C8H10.C7H6/c1-7-8-18-28-26(5)44(27-16-10-9-11-17-27)38(41-28)35-24(3)33(36-39-29-19-12-13-20-30(29)40-36)23(2)34(25(35)4)37-42-31-21-14-15-22-32(31)43(37)6;1-8-6-4-2-3-5-7-8;1-2-4-6-7-5-3-1/h7,9-17,19-22H,1,8,18H2,2-6H3,(H,39,40);2-4,6-7H,5H2,1H3;1-6H. The molecule has 4 aromatic carbocycles. The van der Waals surface area contributed by atoms with Crippen LogP contribution in [-0.2, 0) is 13.5 Å². The van der Waals surface area contributed by atoms with Gasteiger partial charge < -0.3 is 9.55 Å². The number of para-hydroxylation sites is 5. The molecule has 0 unspecified atom stereocenters. The average molecular weight is 773 g/mol. The summed E-state index contributed by atoms with van der Waals surface area (Å²) < 4.78 is 4.51. The van der Waals surface area contributed by atoms with Gasteiger partial charge in [-0.1, -0.05) is 109 Å². The van der Waals surface area contributed by atoms with E-state index in [0.717, 1.165) is 109 Å². The molecule has 3 heterocycles. The molecule has 2 aliphatic rings. The first-order chi connectivity index (χ1) is 28.8. The lowest BCUT2D eigenvalue weighted by molar-refractivity contribution is 0.934. The predicted molar refractivity (Wildman–Crippen MR) is 249 cm³/mol. The molecule has 1 N–H and O–H groups in total. The number of nitrogens with zero attached hydrogens (tertiary/aromatic N) is 5. The highest BCUT2D eigenvalue weighted by molar-refractivity contribution is 5.92. The van der Waals surface area contributed by atoms with E-state index in [4.69, 9.17) is 15.0 Å². The number of hydrogen-bond donors (Lipinski definition) is 1. The Labute approximate surface area is 348 Å². The minimum Gasteiger partial charge on any atom is -0.338 e. The van der Waals surface area contributed by atoms with Gasteiger partial charge in [0.15, 0.2) is 0 Å². The molecule has 59 heavy (non-hydrogen) atoms. The molecule has 7 aromatic rings. The highest BCUT2D eigenvalue weighted by atomic mass is 15.1. The van der Waals surface area contributed by atoms with Crippen molar-refractivity contribution in [2.75, 3.05) is 0 Å².